The predicted octanol–water partition coefficient (Wildman–Crippen LogP) is 4.35. The first kappa shape index (κ1) is 13.7. The Hall–Kier alpha value is -0.330. The molecule has 0 aromatic rings. The lowest BCUT2D eigenvalue weighted by atomic mass is 9.93. The molecular weight excluding hydrogens is 172 g/mol. The number of Topliss-reactive ketones (excluding diaryl/α,β-unsaturated/α-hetero) is 1. The lowest BCUT2D eigenvalue weighted by molar-refractivity contribution is -0.121. The van der Waals surface area contributed by atoms with E-state index in [0.29, 0.717) is 11.7 Å². The second kappa shape index (κ2) is 9.23. The number of hydrogen-bond donors (Lipinski definition) is 0. The molecule has 0 heterocycles. The van der Waals surface area contributed by atoms with Gasteiger partial charge in [0.25, 0.3) is 0 Å². The third-order valence-electron chi connectivity index (χ3n) is 2.87. The number of carbonyl (C=O) groups is 1. The van der Waals surface area contributed by atoms with Crippen molar-refractivity contribution in [3.63, 3.8) is 0 Å². The third kappa shape index (κ3) is 7.11. The molecule has 0 bridgehead atoms. The van der Waals surface area contributed by atoms with Crippen LogP contribution in [0.2, 0.25) is 0 Å². The number of carbonyl (C=O) groups excluding carboxylic acids is 1. The van der Waals surface area contributed by atoms with E-state index in [0.717, 1.165) is 19.3 Å². The van der Waals surface area contributed by atoms with Crippen LogP contribution in [0.3, 0.4) is 0 Å². The molecule has 0 spiro atoms. The second-order valence-electron chi connectivity index (χ2n) is 4.30. The average molecular weight is 198 g/mol. The van der Waals surface area contributed by atoms with Crippen LogP contribution in [0.5, 0.6) is 0 Å². The zero-order valence-electron chi connectivity index (χ0n) is 10.1. The van der Waals surface area contributed by atoms with Gasteiger partial charge in [-0.3, -0.25) is 4.79 Å². The van der Waals surface area contributed by atoms with Gasteiger partial charge in [0, 0.05) is 5.92 Å². The zero-order chi connectivity index (χ0) is 10.8. The molecule has 1 heteroatoms. The van der Waals surface area contributed by atoms with E-state index in [1.807, 2.05) is 0 Å². The molecule has 14 heavy (non-hydrogen) atoms. The molecular formula is C13H26O. The van der Waals surface area contributed by atoms with Gasteiger partial charge < -0.3 is 0 Å². The van der Waals surface area contributed by atoms with Gasteiger partial charge in [0.2, 0.25) is 0 Å². The van der Waals surface area contributed by atoms with Crippen molar-refractivity contribution in [2.24, 2.45) is 5.92 Å². The van der Waals surface area contributed by atoms with Crippen molar-refractivity contribution < 1.29 is 4.79 Å². The van der Waals surface area contributed by atoms with E-state index in [2.05, 4.69) is 13.8 Å². The van der Waals surface area contributed by atoms with Gasteiger partial charge in [0.15, 0.2) is 0 Å². The van der Waals surface area contributed by atoms with E-state index in [1.165, 1.54) is 32.1 Å². The largest absolute Gasteiger partial charge is 0.300 e. The Morgan fingerprint density at radius 1 is 0.929 bits per heavy atom. The van der Waals surface area contributed by atoms with Crippen molar-refractivity contribution >= 4 is 5.78 Å². The molecule has 0 radical (unpaired) electrons. The van der Waals surface area contributed by atoms with Gasteiger partial charge >= 0.3 is 0 Å². The predicted molar refractivity (Wildman–Crippen MR) is 62.5 cm³/mol. The lowest BCUT2D eigenvalue weighted by Gasteiger charge is -2.11. The van der Waals surface area contributed by atoms with Crippen molar-refractivity contribution in [2.75, 3.05) is 0 Å². The monoisotopic (exact) mass is 198 g/mol. The van der Waals surface area contributed by atoms with Crippen LogP contribution in [0.25, 0.3) is 0 Å². The SMILES string of the molecule is CCCCCCCC(CCC)C(C)=O. The van der Waals surface area contributed by atoms with Gasteiger partial charge in [-0.25, -0.2) is 0 Å². The highest BCUT2D eigenvalue weighted by atomic mass is 16.1. The first-order valence-corrected chi connectivity index (χ1v) is 6.22. The molecule has 0 aliphatic carbocycles. The van der Waals surface area contributed by atoms with Gasteiger partial charge in [0.1, 0.15) is 5.78 Å². The van der Waals surface area contributed by atoms with Gasteiger partial charge in [-0.05, 0) is 19.8 Å². The standard InChI is InChI=1S/C13H26O/c1-4-6-7-8-9-11-13(10-5-2)12(3)14/h13H,4-11H2,1-3H3. The molecule has 0 saturated heterocycles. The van der Waals surface area contributed by atoms with Crippen LogP contribution in [-0.2, 0) is 4.79 Å². The molecule has 0 aromatic carbocycles. The first-order chi connectivity index (χ1) is 6.72. The normalized spacial score (nSPS) is 12.8. The Labute approximate surface area is 89.3 Å². The molecule has 0 N–H and O–H groups in total. The Morgan fingerprint density at radius 3 is 2.07 bits per heavy atom. The molecule has 0 fully saturated rings. The minimum absolute atomic E-state index is 0.349. The summed E-state index contributed by atoms with van der Waals surface area (Å²) in [6, 6.07) is 0. The van der Waals surface area contributed by atoms with Gasteiger partial charge in [0.05, 0.1) is 0 Å². The fourth-order valence-electron chi connectivity index (χ4n) is 1.89. The van der Waals surface area contributed by atoms with E-state index in [-0.39, 0.29) is 0 Å². The van der Waals surface area contributed by atoms with Crippen molar-refractivity contribution in [3.8, 4) is 0 Å². The van der Waals surface area contributed by atoms with Crippen LogP contribution in [-0.4, -0.2) is 5.78 Å². The van der Waals surface area contributed by atoms with Gasteiger partial charge in [-0.2, -0.15) is 0 Å². The molecule has 84 valence electrons. The summed E-state index contributed by atoms with van der Waals surface area (Å²) in [7, 11) is 0. The minimum Gasteiger partial charge on any atom is -0.300 e. The molecule has 1 atom stereocenters. The highest BCUT2D eigenvalue weighted by molar-refractivity contribution is 5.78. The molecule has 0 amide bonds. The summed E-state index contributed by atoms with van der Waals surface area (Å²) in [5, 5.41) is 0. The molecule has 0 rings (SSSR count). The fourth-order valence-corrected chi connectivity index (χ4v) is 1.89. The average Bonchev–Trinajstić information content (AvgIpc) is 2.15. The van der Waals surface area contributed by atoms with Crippen LogP contribution in [0.4, 0.5) is 0 Å². The maximum absolute atomic E-state index is 11.3. The highest BCUT2D eigenvalue weighted by Gasteiger charge is 2.11. The number of rotatable bonds is 9. The van der Waals surface area contributed by atoms with Crippen LogP contribution in [0.15, 0.2) is 0 Å². The molecule has 0 aliphatic rings. The summed E-state index contributed by atoms with van der Waals surface area (Å²) in [5.74, 6) is 0.740. The summed E-state index contributed by atoms with van der Waals surface area (Å²) in [5.41, 5.74) is 0. The highest BCUT2D eigenvalue weighted by Crippen LogP contribution is 2.17. The second-order valence-corrected chi connectivity index (χ2v) is 4.30. The zero-order valence-corrected chi connectivity index (χ0v) is 10.1. The lowest BCUT2D eigenvalue weighted by Crippen LogP contribution is -2.10. The summed E-state index contributed by atoms with van der Waals surface area (Å²) in [4.78, 5) is 11.3. The summed E-state index contributed by atoms with van der Waals surface area (Å²) >= 11 is 0. The van der Waals surface area contributed by atoms with Crippen molar-refractivity contribution in [1.82, 2.24) is 0 Å². The Morgan fingerprint density at radius 2 is 1.57 bits per heavy atom. The maximum Gasteiger partial charge on any atom is 0.132 e. The van der Waals surface area contributed by atoms with E-state index in [4.69, 9.17) is 0 Å². The first-order valence-electron chi connectivity index (χ1n) is 6.22. The van der Waals surface area contributed by atoms with Crippen LogP contribution < -0.4 is 0 Å². The quantitative estimate of drug-likeness (QED) is 0.503. The van der Waals surface area contributed by atoms with E-state index >= 15 is 0 Å². The number of ketones is 1. The number of unbranched alkanes of at least 4 members (excludes halogenated alkanes) is 4. The summed E-state index contributed by atoms with van der Waals surface area (Å²) in [6.07, 6.45) is 9.87. The molecule has 0 saturated carbocycles. The van der Waals surface area contributed by atoms with E-state index < -0.39 is 0 Å². The molecule has 0 aliphatic heterocycles. The van der Waals surface area contributed by atoms with Crippen molar-refractivity contribution in [1.29, 1.82) is 0 Å². The Balaban J connectivity index is 3.46. The van der Waals surface area contributed by atoms with Gasteiger partial charge in [-0.15, -0.1) is 0 Å². The summed E-state index contributed by atoms with van der Waals surface area (Å²) < 4.78 is 0. The van der Waals surface area contributed by atoms with Crippen molar-refractivity contribution in [2.45, 2.75) is 72.1 Å². The topological polar surface area (TPSA) is 17.1 Å². The smallest absolute Gasteiger partial charge is 0.132 e. The molecule has 1 unspecified atom stereocenters. The summed E-state index contributed by atoms with van der Waals surface area (Å²) in [6.45, 7) is 6.13. The van der Waals surface area contributed by atoms with Crippen LogP contribution >= 0.6 is 0 Å². The Kier molecular flexibility index (Phi) is 9.02. The third-order valence-corrected chi connectivity index (χ3v) is 2.87. The van der Waals surface area contributed by atoms with Crippen LogP contribution in [0.1, 0.15) is 72.1 Å². The van der Waals surface area contributed by atoms with E-state index in [1.54, 1.807) is 6.92 Å². The fraction of sp³-hybridized carbons (Fsp3) is 0.923. The maximum atomic E-state index is 11.3. The number of hydrogen-bond acceptors (Lipinski definition) is 1. The van der Waals surface area contributed by atoms with E-state index in [9.17, 15) is 4.79 Å². The van der Waals surface area contributed by atoms with Crippen molar-refractivity contribution in [3.05, 3.63) is 0 Å². The van der Waals surface area contributed by atoms with Crippen LogP contribution in [0, 0.1) is 5.92 Å². The minimum atomic E-state index is 0.349. The Bertz CT molecular complexity index is 140. The molecule has 1 nitrogen and oxygen atoms in total. The molecule has 0 aromatic heterocycles. The van der Waals surface area contributed by atoms with Gasteiger partial charge in [-0.1, -0.05) is 52.4 Å².